The van der Waals surface area contributed by atoms with E-state index in [4.69, 9.17) is 15.5 Å². The van der Waals surface area contributed by atoms with Crippen LogP contribution < -0.4 is 5.73 Å². The molecular formula is C15H25N3O2S. The van der Waals surface area contributed by atoms with Gasteiger partial charge >= 0.3 is 0 Å². The number of amides is 1. The standard InChI is InChI=1S/C15H25N3O2S/c1-10(2)13-9-21-14(17-13)11-5-4-6-18(7-11)15(19)12(16)8-20-3/h9-12H,4-8,16H2,1-3H3. The first-order valence-corrected chi connectivity index (χ1v) is 8.39. The van der Waals surface area contributed by atoms with Crippen LogP contribution in [-0.2, 0) is 9.53 Å². The number of carbonyl (C=O) groups excluding carboxylic acids is 1. The molecule has 2 heterocycles. The second-order valence-corrected chi connectivity index (χ2v) is 6.84. The van der Waals surface area contributed by atoms with Gasteiger partial charge in [-0.2, -0.15) is 0 Å². The highest BCUT2D eigenvalue weighted by molar-refractivity contribution is 7.09. The topological polar surface area (TPSA) is 68.5 Å². The number of thiazole rings is 1. The number of methoxy groups -OCH3 is 1. The number of ether oxygens (including phenoxy) is 1. The third-order valence-electron chi connectivity index (χ3n) is 3.88. The molecule has 5 nitrogen and oxygen atoms in total. The number of carbonyl (C=O) groups is 1. The molecule has 0 radical (unpaired) electrons. The third-order valence-corrected chi connectivity index (χ3v) is 4.90. The summed E-state index contributed by atoms with van der Waals surface area (Å²) in [5, 5.41) is 3.29. The van der Waals surface area contributed by atoms with Crippen molar-refractivity contribution in [1.82, 2.24) is 9.88 Å². The number of likely N-dealkylation sites (tertiary alicyclic amines) is 1. The zero-order valence-electron chi connectivity index (χ0n) is 13.0. The Morgan fingerprint density at radius 3 is 3.00 bits per heavy atom. The van der Waals surface area contributed by atoms with Gasteiger partial charge in [0.05, 0.1) is 17.3 Å². The molecule has 2 unspecified atom stereocenters. The fourth-order valence-electron chi connectivity index (χ4n) is 2.62. The Morgan fingerprint density at radius 1 is 1.62 bits per heavy atom. The van der Waals surface area contributed by atoms with Gasteiger partial charge in [-0.3, -0.25) is 4.79 Å². The minimum absolute atomic E-state index is 0.0119. The van der Waals surface area contributed by atoms with Crippen LogP contribution in [0.25, 0.3) is 0 Å². The van der Waals surface area contributed by atoms with E-state index in [1.807, 2.05) is 4.90 Å². The molecule has 2 atom stereocenters. The SMILES string of the molecule is COCC(N)C(=O)N1CCCC(c2nc(C(C)C)cs2)C1. The van der Waals surface area contributed by atoms with Crippen LogP contribution in [0.4, 0.5) is 0 Å². The van der Waals surface area contributed by atoms with Gasteiger partial charge < -0.3 is 15.4 Å². The maximum Gasteiger partial charge on any atom is 0.241 e. The summed E-state index contributed by atoms with van der Waals surface area (Å²) in [4.78, 5) is 18.9. The molecule has 1 aliphatic heterocycles. The Hall–Kier alpha value is -0.980. The van der Waals surface area contributed by atoms with E-state index in [0.29, 0.717) is 11.8 Å². The van der Waals surface area contributed by atoms with E-state index in [-0.39, 0.29) is 12.5 Å². The van der Waals surface area contributed by atoms with Crippen LogP contribution in [0.1, 0.15) is 49.2 Å². The molecule has 21 heavy (non-hydrogen) atoms. The van der Waals surface area contributed by atoms with E-state index in [9.17, 15) is 4.79 Å². The van der Waals surface area contributed by atoms with Gasteiger partial charge in [-0.05, 0) is 18.8 Å². The maximum absolute atomic E-state index is 12.3. The molecule has 0 bridgehead atoms. The van der Waals surface area contributed by atoms with Crippen molar-refractivity contribution in [1.29, 1.82) is 0 Å². The summed E-state index contributed by atoms with van der Waals surface area (Å²) in [6.07, 6.45) is 2.10. The highest BCUT2D eigenvalue weighted by Crippen LogP contribution is 2.31. The molecule has 0 aromatic carbocycles. The first-order valence-electron chi connectivity index (χ1n) is 7.51. The Morgan fingerprint density at radius 2 is 2.38 bits per heavy atom. The molecule has 1 aromatic heterocycles. The summed E-state index contributed by atoms with van der Waals surface area (Å²) in [6.45, 7) is 6.09. The second-order valence-electron chi connectivity index (χ2n) is 5.95. The van der Waals surface area contributed by atoms with Gasteiger partial charge in [0.1, 0.15) is 6.04 Å². The van der Waals surface area contributed by atoms with Crippen LogP contribution in [0.15, 0.2) is 5.38 Å². The molecule has 1 amide bonds. The zero-order chi connectivity index (χ0) is 15.4. The van der Waals surface area contributed by atoms with Crippen molar-refractivity contribution in [2.45, 2.75) is 44.6 Å². The lowest BCUT2D eigenvalue weighted by molar-refractivity contribution is -0.135. The summed E-state index contributed by atoms with van der Waals surface area (Å²) < 4.78 is 4.97. The third kappa shape index (κ3) is 4.02. The average Bonchev–Trinajstić information content (AvgIpc) is 2.97. The molecule has 1 saturated heterocycles. The number of nitrogens with two attached hydrogens (primary N) is 1. The van der Waals surface area contributed by atoms with Crippen molar-refractivity contribution in [2.24, 2.45) is 5.73 Å². The van der Waals surface area contributed by atoms with Crippen LogP contribution in [0, 0.1) is 0 Å². The summed E-state index contributed by atoms with van der Waals surface area (Å²) in [7, 11) is 1.56. The van der Waals surface area contributed by atoms with Gasteiger partial charge in [-0.25, -0.2) is 4.98 Å². The van der Waals surface area contributed by atoms with E-state index in [1.54, 1.807) is 18.4 Å². The van der Waals surface area contributed by atoms with Crippen molar-refractivity contribution in [3.63, 3.8) is 0 Å². The number of aromatic nitrogens is 1. The van der Waals surface area contributed by atoms with Gasteiger partial charge in [0.2, 0.25) is 5.91 Å². The van der Waals surface area contributed by atoms with Crippen molar-refractivity contribution in [3.8, 4) is 0 Å². The fourth-order valence-corrected chi connectivity index (χ4v) is 3.73. The number of nitrogens with zero attached hydrogens (tertiary/aromatic N) is 2. The van der Waals surface area contributed by atoms with Gasteiger partial charge in [0.25, 0.3) is 0 Å². The van der Waals surface area contributed by atoms with Crippen LogP contribution in [0.2, 0.25) is 0 Å². The number of hydrogen-bond donors (Lipinski definition) is 1. The molecule has 118 valence electrons. The number of hydrogen-bond acceptors (Lipinski definition) is 5. The van der Waals surface area contributed by atoms with Crippen molar-refractivity contribution >= 4 is 17.2 Å². The van der Waals surface area contributed by atoms with E-state index < -0.39 is 6.04 Å². The van der Waals surface area contributed by atoms with Gasteiger partial charge in [-0.1, -0.05) is 13.8 Å². The molecule has 6 heteroatoms. The summed E-state index contributed by atoms with van der Waals surface area (Å²) >= 11 is 1.71. The predicted octanol–water partition coefficient (Wildman–Crippen LogP) is 1.95. The van der Waals surface area contributed by atoms with E-state index in [1.165, 1.54) is 0 Å². The molecule has 0 aliphatic carbocycles. The highest BCUT2D eigenvalue weighted by Gasteiger charge is 2.29. The van der Waals surface area contributed by atoms with E-state index >= 15 is 0 Å². The van der Waals surface area contributed by atoms with Crippen molar-refractivity contribution < 1.29 is 9.53 Å². The highest BCUT2D eigenvalue weighted by atomic mass is 32.1. The Bertz CT molecular complexity index is 475. The minimum Gasteiger partial charge on any atom is -0.383 e. The molecule has 1 fully saturated rings. The van der Waals surface area contributed by atoms with Crippen LogP contribution in [0.3, 0.4) is 0 Å². The molecule has 1 aromatic rings. The largest absolute Gasteiger partial charge is 0.383 e. The summed E-state index contributed by atoms with van der Waals surface area (Å²) in [5.74, 6) is 0.781. The fraction of sp³-hybridized carbons (Fsp3) is 0.733. The van der Waals surface area contributed by atoms with E-state index in [2.05, 4.69) is 19.2 Å². The van der Waals surface area contributed by atoms with Crippen LogP contribution in [-0.4, -0.2) is 48.6 Å². The monoisotopic (exact) mass is 311 g/mol. The average molecular weight is 311 g/mol. The Balaban J connectivity index is 2.01. The molecule has 2 rings (SSSR count). The van der Waals surface area contributed by atoms with Gasteiger partial charge in [0, 0.05) is 31.5 Å². The predicted molar refractivity (Wildman–Crippen MR) is 84.6 cm³/mol. The summed E-state index contributed by atoms with van der Waals surface area (Å²) in [5.41, 5.74) is 7.01. The quantitative estimate of drug-likeness (QED) is 0.902. The molecule has 0 saturated carbocycles. The molecule has 1 aliphatic rings. The lowest BCUT2D eigenvalue weighted by Gasteiger charge is -2.33. The van der Waals surface area contributed by atoms with Crippen molar-refractivity contribution in [2.75, 3.05) is 26.8 Å². The first-order chi connectivity index (χ1) is 10.0. The van der Waals surface area contributed by atoms with Crippen LogP contribution >= 0.6 is 11.3 Å². The number of rotatable bonds is 5. The smallest absolute Gasteiger partial charge is 0.241 e. The minimum atomic E-state index is -0.559. The summed E-state index contributed by atoms with van der Waals surface area (Å²) in [6, 6.07) is -0.559. The molecule has 2 N–H and O–H groups in total. The van der Waals surface area contributed by atoms with Crippen LogP contribution in [0.5, 0.6) is 0 Å². The molecular weight excluding hydrogens is 286 g/mol. The second kappa shape index (κ2) is 7.33. The first kappa shape index (κ1) is 16.4. The molecule has 0 spiro atoms. The van der Waals surface area contributed by atoms with Crippen molar-refractivity contribution in [3.05, 3.63) is 16.1 Å². The normalized spacial score (nSPS) is 20.8. The lowest BCUT2D eigenvalue weighted by Crippen LogP contribution is -2.49. The maximum atomic E-state index is 12.3. The Kier molecular flexibility index (Phi) is 5.72. The lowest BCUT2D eigenvalue weighted by atomic mass is 9.98. The number of piperidine rings is 1. The Labute approximate surface area is 130 Å². The van der Waals surface area contributed by atoms with E-state index in [0.717, 1.165) is 36.6 Å². The zero-order valence-corrected chi connectivity index (χ0v) is 13.9. The van der Waals surface area contributed by atoms with Gasteiger partial charge in [-0.15, -0.1) is 11.3 Å². The van der Waals surface area contributed by atoms with Gasteiger partial charge in [0.15, 0.2) is 0 Å².